The molecule has 122 valence electrons. The van der Waals surface area contributed by atoms with E-state index in [9.17, 15) is 5.11 Å². The highest BCUT2D eigenvalue weighted by Crippen LogP contribution is 2.62. The molecule has 1 nitrogen and oxygen atoms in total. The molecule has 2 saturated carbocycles. The van der Waals surface area contributed by atoms with Gasteiger partial charge in [0.15, 0.2) is 0 Å². The van der Waals surface area contributed by atoms with Crippen LogP contribution < -0.4 is 0 Å². The Morgan fingerprint density at radius 2 is 1.81 bits per heavy atom. The zero-order valence-corrected chi connectivity index (χ0v) is 15.1. The largest absolute Gasteiger partial charge is 0.390 e. The van der Waals surface area contributed by atoms with Crippen LogP contribution in [0.1, 0.15) is 86.5 Å². The fourth-order valence-corrected chi connectivity index (χ4v) is 5.61. The lowest BCUT2D eigenvalue weighted by Gasteiger charge is -2.61. The summed E-state index contributed by atoms with van der Waals surface area (Å²) in [5.41, 5.74) is 1.70. The molecular formula is C20H36O. The lowest BCUT2D eigenvalue weighted by Crippen LogP contribution is -2.57. The molecule has 21 heavy (non-hydrogen) atoms. The van der Waals surface area contributed by atoms with Crippen LogP contribution in [0.5, 0.6) is 0 Å². The molecule has 0 radical (unpaired) electrons. The van der Waals surface area contributed by atoms with Crippen molar-refractivity contribution in [1.82, 2.24) is 0 Å². The zero-order valence-electron chi connectivity index (χ0n) is 15.1. The van der Waals surface area contributed by atoms with Crippen LogP contribution in [-0.2, 0) is 0 Å². The van der Waals surface area contributed by atoms with Crippen molar-refractivity contribution in [2.45, 2.75) is 92.1 Å². The molecule has 2 rings (SSSR count). The average Bonchev–Trinajstić information content (AvgIpc) is 2.35. The van der Waals surface area contributed by atoms with E-state index < -0.39 is 5.60 Å². The Morgan fingerprint density at radius 3 is 2.43 bits per heavy atom. The van der Waals surface area contributed by atoms with Crippen LogP contribution in [-0.4, -0.2) is 10.7 Å². The maximum Gasteiger partial charge on any atom is 0.0656 e. The summed E-state index contributed by atoms with van der Waals surface area (Å²) in [6.07, 6.45) is 10.7. The van der Waals surface area contributed by atoms with Gasteiger partial charge in [-0.1, -0.05) is 45.8 Å². The standard InChI is InChI=1S/C20H36O/c1-7-15(2)9-10-17-19(5)13-8-12-18(3,4)16(19)11-14-20(17,6)21/h9,16-17,21H,7-8,10-14H2,1-6H3/t16-,17+,19-,20+/m0/s1. The average molecular weight is 293 g/mol. The van der Waals surface area contributed by atoms with Crippen molar-refractivity contribution < 1.29 is 5.11 Å². The van der Waals surface area contributed by atoms with Gasteiger partial charge in [-0.05, 0) is 75.0 Å². The third kappa shape index (κ3) is 3.09. The molecule has 1 heteroatoms. The van der Waals surface area contributed by atoms with Gasteiger partial charge in [-0.2, -0.15) is 0 Å². The second-order valence-corrected chi connectivity index (χ2v) is 8.99. The number of rotatable bonds is 3. The molecule has 0 heterocycles. The van der Waals surface area contributed by atoms with E-state index in [0.29, 0.717) is 16.7 Å². The molecule has 0 spiro atoms. The van der Waals surface area contributed by atoms with Gasteiger partial charge in [0.1, 0.15) is 0 Å². The van der Waals surface area contributed by atoms with Gasteiger partial charge in [0, 0.05) is 0 Å². The minimum absolute atomic E-state index is 0.300. The number of hydrogen-bond acceptors (Lipinski definition) is 1. The molecule has 0 aromatic heterocycles. The summed E-state index contributed by atoms with van der Waals surface area (Å²) in [7, 11) is 0. The van der Waals surface area contributed by atoms with Gasteiger partial charge < -0.3 is 5.11 Å². The van der Waals surface area contributed by atoms with E-state index in [2.05, 4.69) is 47.6 Å². The second-order valence-electron chi connectivity index (χ2n) is 8.99. The van der Waals surface area contributed by atoms with E-state index in [1.165, 1.54) is 31.3 Å². The van der Waals surface area contributed by atoms with Gasteiger partial charge >= 0.3 is 0 Å². The first-order valence-corrected chi connectivity index (χ1v) is 9.01. The minimum atomic E-state index is -0.497. The Hall–Kier alpha value is -0.300. The lowest BCUT2D eigenvalue weighted by molar-refractivity contribution is -0.165. The third-order valence-electron chi connectivity index (χ3n) is 7.02. The zero-order chi connectivity index (χ0) is 15.9. The quantitative estimate of drug-likeness (QED) is 0.659. The van der Waals surface area contributed by atoms with Crippen molar-refractivity contribution in [2.24, 2.45) is 22.7 Å². The molecule has 2 aliphatic carbocycles. The Balaban J connectivity index is 2.33. The maximum atomic E-state index is 11.1. The molecule has 1 N–H and O–H groups in total. The fraction of sp³-hybridized carbons (Fsp3) is 0.900. The molecule has 0 aromatic carbocycles. The SMILES string of the molecule is CCC(C)=CC[C@@H]1[C@@]2(C)CCCC(C)(C)[C@@H]2CC[C@@]1(C)O. The van der Waals surface area contributed by atoms with E-state index in [0.717, 1.165) is 25.2 Å². The van der Waals surface area contributed by atoms with E-state index in [1.54, 1.807) is 0 Å². The topological polar surface area (TPSA) is 20.2 Å². The monoisotopic (exact) mass is 292 g/mol. The van der Waals surface area contributed by atoms with Gasteiger partial charge in [0.05, 0.1) is 5.60 Å². The molecule has 2 aliphatic rings. The van der Waals surface area contributed by atoms with Crippen molar-refractivity contribution in [3.63, 3.8) is 0 Å². The molecule has 0 aliphatic heterocycles. The smallest absolute Gasteiger partial charge is 0.0656 e. The lowest BCUT2D eigenvalue weighted by atomic mass is 9.45. The highest BCUT2D eigenvalue weighted by molar-refractivity contribution is 5.10. The predicted molar refractivity (Wildman–Crippen MR) is 91.2 cm³/mol. The summed E-state index contributed by atoms with van der Waals surface area (Å²) in [4.78, 5) is 0. The van der Waals surface area contributed by atoms with Gasteiger partial charge in [-0.3, -0.25) is 0 Å². The highest BCUT2D eigenvalue weighted by Gasteiger charge is 2.57. The van der Waals surface area contributed by atoms with Crippen LogP contribution in [0.25, 0.3) is 0 Å². The van der Waals surface area contributed by atoms with Crippen LogP contribution in [0.15, 0.2) is 11.6 Å². The molecule has 0 unspecified atom stereocenters. The van der Waals surface area contributed by atoms with E-state index in [-0.39, 0.29) is 0 Å². The number of fused-ring (bicyclic) bond motifs is 1. The van der Waals surface area contributed by atoms with Crippen LogP contribution in [0.4, 0.5) is 0 Å². The molecule has 0 amide bonds. The maximum absolute atomic E-state index is 11.1. The molecular weight excluding hydrogens is 256 g/mol. The van der Waals surface area contributed by atoms with Crippen LogP contribution in [0, 0.1) is 22.7 Å². The summed E-state index contributed by atoms with van der Waals surface area (Å²) in [6.45, 7) is 13.9. The van der Waals surface area contributed by atoms with Gasteiger partial charge in [-0.25, -0.2) is 0 Å². The summed E-state index contributed by atoms with van der Waals surface area (Å²) >= 11 is 0. The van der Waals surface area contributed by atoms with Crippen molar-refractivity contribution >= 4 is 0 Å². The van der Waals surface area contributed by atoms with Gasteiger partial charge in [0.25, 0.3) is 0 Å². The van der Waals surface area contributed by atoms with E-state index in [1.807, 2.05) is 0 Å². The first-order valence-electron chi connectivity index (χ1n) is 9.01. The van der Waals surface area contributed by atoms with Crippen LogP contribution in [0.3, 0.4) is 0 Å². The number of aliphatic hydroxyl groups is 1. The number of allylic oxidation sites excluding steroid dienone is 2. The van der Waals surface area contributed by atoms with E-state index >= 15 is 0 Å². The third-order valence-corrected chi connectivity index (χ3v) is 7.02. The minimum Gasteiger partial charge on any atom is -0.390 e. The van der Waals surface area contributed by atoms with Crippen LogP contribution in [0.2, 0.25) is 0 Å². The van der Waals surface area contributed by atoms with Crippen LogP contribution >= 0.6 is 0 Å². The Bertz CT molecular complexity index is 404. The molecule has 2 fully saturated rings. The Morgan fingerprint density at radius 1 is 1.14 bits per heavy atom. The van der Waals surface area contributed by atoms with Crippen molar-refractivity contribution in [3.05, 3.63) is 11.6 Å². The summed E-state index contributed by atoms with van der Waals surface area (Å²) in [6, 6.07) is 0. The normalized spacial score (nSPS) is 43.5. The summed E-state index contributed by atoms with van der Waals surface area (Å²) in [5, 5.41) is 11.1. The molecule has 0 aromatic rings. The summed E-state index contributed by atoms with van der Waals surface area (Å²) in [5.74, 6) is 1.17. The fourth-order valence-electron chi connectivity index (χ4n) is 5.61. The van der Waals surface area contributed by atoms with Gasteiger partial charge in [0.2, 0.25) is 0 Å². The first-order chi connectivity index (χ1) is 9.63. The Labute approximate surface area is 132 Å². The molecule has 0 bridgehead atoms. The second kappa shape index (κ2) is 5.72. The summed E-state index contributed by atoms with van der Waals surface area (Å²) < 4.78 is 0. The van der Waals surface area contributed by atoms with Crippen molar-refractivity contribution in [3.8, 4) is 0 Å². The number of hydrogen-bond donors (Lipinski definition) is 1. The molecule has 4 atom stereocenters. The van der Waals surface area contributed by atoms with Gasteiger partial charge in [-0.15, -0.1) is 0 Å². The Kier molecular flexibility index (Phi) is 4.65. The predicted octanol–water partition coefficient (Wildman–Crippen LogP) is 5.73. The van der Waals surface area contributed by atoms with Crippen molar-refractivity contribution in [2.75, 3.05) is 0 Å². The first kappa shape index (κ1) is 17.1. The van der Waals surface area contributed by atoms with E-state index in [4.69, 9.17) is 0 Å². The van der Waals surface area contributed by atoms with Crippen molar-refractivity contribution in [1.29, 1.82) is 0 Å². The molecule has 0 saturated heterocycles. The highest BCUT2D eigenvalue weighted by atomic mass is 16.3.